The van der Waals surface area contributed by atoms with Crippen molar-refractivity contribution >= 4 is 23.1 Å². The molecule has 0 aliphatic heterocycles. The first kappa shape index (κ1) is 11.8. The van der Waals surface area contributed by atoms with E-state index < -0.39 is 5.82 Å². The van der Waals surface area contributed by atoms with Crippen molar-refractivity contribution in [2.45, 2.75) is 19.9 Å². The van der Waals surface area contributed by atoms with Crippen molar-refractivity contribution < 1.29 is 4.39 Å². The van der Waals surface area contributed by atoms with Crippen molar-refractivity contribution in [2.24, 2.45) is 0 Å². The van der Waals surface area contributed by atoms with Crippen LogP contribution in [0.25, 0.3) is 0 Å². The lowest BCUT2D eigenvalue weighted by Gasteiger charge is -2.13. The van der Waals surface area contributed by atoms with Gasteiger partial charge in [0.05, 0.1) is 12.2 Å². The number of hydrogen-bond acceptors (Lipinski definition) is 5. The van der Waals surface area contributed by atoms with Gasteiger partial charge in [-0.25, -0.2) is 9.37 Å². The molecular weight excluding hydrogens is 239 g/mol. The molecule has 2 aromatic rings. The predicted molar refractivity (Wildman–Crippen MR) is 67.5 cm³/mol. The first-order valence-electron chi connectivity index (χ1n) is 5.17. The van der Waals surface area contributed by atoms with Crippen LogP contribution in [0.4, 0.5) is 16.2 Å². The highest BCUT2D eigenvalue weighted by molar-refractivity contribution is 7.12. The Morgan fingerprint density at radius 3 is 2.88 bits per heavy atom. The fourth-order valence-corrected chi connectivity index (χ4v) is 2.32. The Bertz CT molecular complexity index is 526. The Hall–Kier alpha value is -1.69. The van der Waals surface area contributed by atoms with Crippen LogP contribution in [0.1, 0.15) is 22.7 Å². The van der Waals surface area contributed by atoms with Crippen molar-refractivity contribution in [3.05, 3.63) is 33.9 Å². The van der Waals surface area contributed by atoms with Gasteiger partial charge in [0.1, 0.15) is 0 Å². The molecule has 3 N–H and O–H groups in total. The van der Waals surface area contributed by atoms with E-state index in [1.54, 1.807) is 11.3 Å². The normalized spacial score (nSPS) is 12.4. The Labute approximate surface area is 103 Å². The average Bonchev–Trinajstić information content (AvgIpc) is 2.70. The highest BCUT2D eigenvalue weighted by atomic mass is 32.1. The lowest BCUT2D eigenvalue weighted by atomic mass is 10.2. The first-order chi connectivity index (χ1) is 8.06. The van der Waals surface area contributed by atoms with Gasteiger partial charge in [-0.15, -0.1) is 11.3 Å². The molecule has 90 valence electrons. The number of hydrogen-bond donors (Lipinski definition) is 2. The summed E-state index contributed by atoms with van der Waals surface area (Å²) in [6.45, 7) is 3.98. The van der Waals surface area contributed by atoms with Crippen LogP contribution in [0, 0.1) is 12.7 Å². The Balaban J connectivity index is 2.18. The van der Waals surface area contributed by atoms with Crippen LogP contribution in [-0.2, 0) is 0 Å². The summed E-state index contributed by atoms with van der Waals surface area (Å²) in [5.74, 6) is -0.307. The minimum atomic E-state index is -0.501. The number of nitrogen functional groups attached to an aromatic ring is 1. The summed E-state index contributed by atoms with van der Waals surface area (Å²) < 4.78 is 13.4. The summed E-state index contributed by atoms with van der Waals surface area (Å²) in [6.07, 6.45) is 1.07. The van der Waals surface area contributed by atoms with Crippen LogP contribution >= 0.6 is 11.3 Å². The molecule has 1 atom stereocenters. The fraction of sp³-hybridized carbons (Fsp3) is 0.273. The van der Waals surface area contributed by atoms with E-state index in [9.17, 15) is 4.39 Å². The molecule has 0 fully saturated rings. The molecule has 2 aromatic heterocycles. The third kappa shape index (κ3) is 2.71. The fourth-order valence-electron chi connectivity index (χ4n) is 1.44. The third-order valence-corrected chi connectivity index (χ3v) is 3.49. The zero-order valence-electron chi connectivity index (χ0n) is 9.57. The zero-order valence-corrected chi connectivity index (χ0v) is 10.4. The number of nitrogens with one attached hydrogen (secondary N) is 1. The van der Waals surface area contributed by atoms with Crippen LogP contribution in [0.15, 0.2) is 18.3 Å². The zero-order chi connectivity index (χ0) is 12.4. The molecule has 4 nitrogen and oxygen atoms in total. The summed E-state index contributed by atoms with van der Waals surface area (Å²) >= 11 is 1.67. The van der Waals surface area contributed by atoms with Gasteiger partial charge in [-0.05, 0) is 26.0 Å². The summed E-state index contributed by atoms with van der Waals surface area (Å²) in [6, 6.07) is 4.03. The SMILES string of the molecule is Cc1ccc(C(C)Nc2nc(N)ncc2F)s1. The van der Waals surface area contributed by atoms with Gasteiger partial charge < -0.3 is 11.1 Å². The van der Waals surface area contributed by atoms with Gasteiger partial charge in [0.2, 0.25) is 5.95 Å². The number of anilines is 2. The van der Waals surface area contributed by atoms with Crippen molar-refractivity contribution in [2.75, 3.05) is 11.1 Å². The molecule has 0 saturated heterocycles. The molecule has 2 rings (SSSR count). The molecule has 0 aliphatic carbocycles. The number of nitrogens with zero attached hydrogens (tertiary/aromatic N) is 2. The van der Waals surface area contributed by atoms with E-state index in [0.717, 1.165) is 11.1 Å². The molecule has 0 spiro atoms. The first-order valence-corrected chi connectivity index (χ1v) is 5.99. The van der Waals surface area contributed by atoms with Gasteiger partial charge in [0.15, 0.2) is 11.6 Å². The van der Waals surface area contributed by atoms with E-state index in [1.807, 2.05) is 26.0 Å². The van der Waals surface area contributed by atoms with Gasteiger partial charge in [-0.1, -0.05) is 0 Å². The van der Waals surface area contributed by atoms with Gasteiger partial charge in [0, 0.05) is 9.75 Å². The molecule has 0 aromatic carbocycles. The maximum atomic E-state index is 13.4. The summed E-state index contributed by atoms with van der Waals surface area (Å²) in [5.41, 5.74) is 5.42. The maximum Gasteiger partial charge on any atom is 0.222 e. The number of aryl methyl sites for hydroxylation is 1. The van der Waals surface area contributed by atoms with Crippen LogP contribution in [-0.4, -0.2) is 9.97 Å². The van der Waals surface area contributed by atoms with E-state index in [-0.39, 0.29) is 17.8 Å². The molecule has 2 heterocycles. The van der Waals surface area contributed by atoms with Crippen LogP contribution in [0.3, 0.4) is 0 Å². The number of thiophene rings is 1. The van der Waals surface area contributed by atoms with Crippen molar-refractivity contribution in [3.63, 3.8) is 0 Å². The lowest BCUT2D eigenvalue weighted by molar-refractivity contribution is 0.615. The molecule has 17 heavy (non-hydrogen) atoms. The van der Waals surface area contributed by atoms with E-state index in [2.05, 4.69) is 15.3 Å². The van der Waals surface area contributed by atoms with Crippen molar-refractivity contribution in [3.8, 4) is 0 Å². The highest BCUT2D eigenvalue weighted by Gasteiger charge is 2.12. The Kier molecular flexibility index (Phi) is 3.23. The molecule has 0 saturated carbocycles. The number of rotatable bonds is 3. The number of aromatic nitrogens is 2. The molecule has 6 heteroatoms. The monoisotopic (exact) mass is 252 g/mol. The molecule has 0 aliphatic rings. The van der Waals surface area contributed by atoms with E-state index in [0.29, 0.717) is 0 Å². The third-order valence-electron chi connectivity index (χ3n) is 2.30. The molecule has 0 radical (unpaired) electrons. The summed E-state index contributed by atoms with van der Waals surface area (Å²) in [5, 5.41) is 2.98. The van der Waals surface area contributed by atoms with Crippen LogP contribution in [0.2, 0.25) is 0 Å². The minimum Gasteiger partial charge on any atom is -0.368 e. The average molecular weight is 252 g/mol. The molecule has 1 unspecified atom stereocenters. The molecular formula is C11H13FN4S. The molecule has 0 amide bonds. The number of halogens is 1. The summed E-state index contributed by atoms with van der Waals surface area (Å²) in [7, 11) is 0. The smallest absolute Gasteiger partial charge is 0.222 e. The maximum absolute atomic E-state index is 13.4. The van der Waals surface area contributed by atoms with Crippen molar-refractivity contribution in [1.82, 2.24) is 9.97 Å². The lowest BCUT2D eigenvalue weighted by Crippen LogP contribution is -2.10. The highest BCUT2D eigenvalue weighted by Crippen LogP contribution is 2.25. The quantitative estimate of drug-likeness (QED) is 0.881. The standard InChI is InChI=1S/C11H13FN4S/c1-6-3-4-9(17-6)7(2)15-10-8(12)5-14-11(13)16-10/h3-5,7H,1-2H3,(H3,13,14,15,16). The van der Waals surface area contributed by atoms with E-state index in [1.165, 1.54) is 4.88 Å². The van der Waals surface area contributed by atoms with Gasteiger partial charge in [-0.3, -0.25) is 0 Å². The molecule has 0 bridgehead atoms. The number of nitrogens with two attached hydrogens (primary N) is 1. The van der Waals surface area contributed by atoms with Crippen LogP contribution < -0.4 is 11.1 Å². The topological polar surface area (TPSA) is 63.8 Å². The van der Waals surface area contributed by atoms with E-state index >= 15 is 0 Å². The second kappa shape index (κ2) is 4.67. The Morgan fingerprint density at radius 2 is 2.24 bits per heavy atom. The van der Waals surface area contributed by atoms with Gasteiger partial charge in [-0.2, -0.15) is 4.98 Å². The largest absolute Gasteiger partial charge is 0.368 e. The second-order valence-electron chi connectivity index (χ2n) is 3.74. The Morgan fingerprint density at radius 1 is 1.47 bits per heavy atom. The predicted octanol–water partition coefficient (Wildman–Crippen LogP) is 2.74. The summed E-state index contributed by atoms with van der Waals surface area (Å²) in [4.78, 5) is 9.75. The van der Waals surface area contributed by atoms with Crippen LogP contribution in [0.5, 0.6) is 0 Å². The van der Waals surface area contributed by atoms with E-state index in [4.69, 9.17) is 5.73 Å². The second-order valence-corrected chi connectivity index (χ2v) is 5.06. The van der Waals surface area contributed by atoms with Crippen molar-refractivity contribution in [1.29, 1.82) is 0 Å². The van der Waals surface area contributed by atoms with Gasteiger partial charge >= 0.3 is 0 Å². The minimum absolute atomic E-state index is 0.0162. The van der Waals surface area contributed by atoms with Gasteiger partial charge in [0.25, 0.3) is 0 Å².